The van der Waals surface area contributed by atoms with Crippen molar-refractivity contribution < 1.29 is 27.6 Å². The molecule has 11 heteroatoms. The molecule has 0 spiro atoms. The number of nitrogens with zero attached hydrogens (tertiary/aromatic N) is 2. The fourth-order valence-corrected chi connectivity index (χ4v) is 9.63. The molecular formula is C33H36Cl2N2O6S. The third-order valence-electron chi connectivity index (χ3n) is 9.89. The van der Waals surface area contributed by atoms with Gasteiger partial charge in [-0.2, -0.15) is 0 Å². The standard InChI is InChI=1S/C33H36Cl2N2O6S/c34-27-2-1-3-28(35)31(27)32-26(33(43-36-32)20-4-5-20)17-42-30-15-23-14-21(30)16-37(23)22-8-6-19(7-9-22)29(39)18-44(40,41)25-12-10-24(38)11-13-25/h1-3,6-9,20-21,23-25,30,38H,4-5,10-18H2/t21-,23-,24?,25?,30+/m0/s1. The summed E-state index contributed by atoms with van der Waals surface area (Å²) in [5.74, 6) is 0.746. The van der Waals surface area contributed by atoms with Crippen LogP contribution in [0.2, 0.25) is 10.0 Å². The predicted molar refractivity (Wildman–Crippen MR) is 169 cm³/mol. The minimum Gasteiger partial charge on any atom is -0.393 e. The van der Waals surface area contributed by atoms with Crippen LogP contribution in [0.1, 0.15) is 79.0 Å². The van der Waals surface area contributed by atoms with Crippen molar-refractivity contribution in [1.82, 2.24) is 5.16 Å². The van der Waals surface area contributed by atoms with Crippen LogP contribution in [0.5, 0.6) is 0 Å². The van der Waals surface area contributed by atoms with E-state index in [2.05, 4.69) is 10.1 Å². The van der Waals surface area contributed by atoms with Gasteiger partial charge < -0.3 is 19.3 Å². The maximum Gasteiger partial charge on any atom is 0.177 e. The van der Waals surface area contributed by atoms with Gasteiger partial charge in [0.05, 0.1) is 34.1 Å². The second-order valence-electron chi connectivity index (χ2n) is 12.8. The topological polar surface area (TPSA) is 110 Å². The van der Waals surface area contributed by atoms with Crippen LogP contribution in [0, 0.1) is 5.92 Å². The van der Waals surface area contributed by atoms with E-state index in [4.69, 9.17) is 32.5 Å². The van der Waals surface area contributed by atoms with Gasteiger partial charge in [0, 0.05) is 46.8 Å². The molecule has 7 rings (SSSR count). The maximum absolute atomic E-state index is 12.9. The normalized spacial score (nSPS) is 26.8. The molecule has 1 aromatic heterocycles. The minimum absolute atomic E-state index is 0.111. The zero-order valence-electron chi connectivity index (χ0n) is 24.3. The third kappa shape index (κ3) is 5.94. The van der Waals surface area contributed by atoms with Crippen LogP contribution < -0.4 is 4.90 Å². The lowest BCUT2D eigenvalue weighted by Crippen LogP contribution is -2.38. The summed E-state index contributed by atoms with van der Waals surface area (Å²) >= 11 is 13.0. The van der Waals surface area contributed by atoms with E-state index in [0.29, 0.717) is 77.0 Å². The molecule has 0 amide bonds. The number of aliphatic hydroxyl groups excluding tert-OH is 1. The molecule has 4 aliphatic rings. The van der Waals surface area contributed by atoms with Crippen LogP contribution in [0.3, 0.4) is 0 Å². The van der Waals surface area contributed by atoms with Gasteiger partial charge in [-0.25, -0.2) is 8.42 Å². The summed E-state index contributed by atoms with van der Waals surface area (Å²) in [4.78, 5) is 15.2. The van der Waals surface area contributed by atoms with Gasteiger partial charge >= 0.3 is 0 Å². The molecule has 234 valence electrons. The Morgan fingerprint density at radius 1 is 1.00 bits per heavy atom. The monoisotopic (exact) mass is 658 g/mol. The Balaban J connectivity index is 0.977. The van der Waals surface area contributed by atoms with Gasteiger partial charge in [-0.15, -0.1) is 0 Å². The number of fused-ring (bicyclic) bond motifs is 2. The van der Waals surface area contributed by atoms with Gasteiger partial charge in [0.15, 0.2) is 15.6 Å². The van der Waals surface area contributed by atoms with Gasteiger partial charge in [0.2, 0.25) is 0 Å². The van der Waals surface area contributed by atoms with E-state index >= 15 is 0 Å². The number of anilines is 1. The fourth-order valence-electron chi connectivity index (χ4n) is 7.29. The van der Waals surface area contributed by atoms with Crippen molar-refractivity contribution in [3.63, 3.8) is 0 Å². The van der Waals surface area contributed by atoms with Crippen LogP contribution in [-0.4, -0.2) is 60.3 Å². The molecule has 1 saturated heterocycles. The highest BCUT2D eigenvalue weighted by molar-refractivity contribution is 7.92. The average Bonchev–Trinajstić information content (AvgIpc) is 3.45. The predicted octanol–water partition coefficient (Wildman–Crippen LogP) is 6.61. The lowest BCUT2D eigenvalue weighted by Gasteiger charge is -2.33. The minimum atomic E-state index is -3.55. The lowest BCUT2D eigenvalue weighted by atomic mass is 9.97. The number of ketones is 1. The summed E-state index contributed by atoms with van der Waals surface area (Å²) in [7, 11) is -3.55. The Morgan fingerprint density at radius 2 is 1.70 bits per heavy atom. The number of hydrogen-bond donors (Lipinski definition) is 1. The van der Waals surface area contributed by atoms with Crippen molar-refractivity contribution >= 4 is 44.5 Å². The second-order valence-corrected chi connectivity index (χ2v) is 15.9. The number of rotatable bonds is 10. The van der Waals surface area contributed by atoms with E-state index in [1.807, 2.05) is 18.2 Å². The number of hydrogen-bond acceptors (Lipinski definition) is 8. The first-order valence-electron chi connectivity index (χ1n) is 15.5. The molecule has 0 unspecified atom stereocenters. The number of benzene rings is 2. The number of halogens is 2. The highest BCUT2D eigenvalue weighted by atomic mass is 35.5. The van der Waals surface area contributed by atoms with Gasteiger partial charge in [-0.05, 0) is 87.8 Å². The molecule has 3 atom stereocenters. The highest BCUT2D eigenvalue weighted by Crippen LogP contribution is 2.47. The third-order valence-corrected chi connectivity index (χ3v) is 12.7. The maximum atomic E-state index is 12.9. The molecular weight excluding hydrogens is 623 g/mol. The molecule has 3 aliphatic carbocycles. The van der Waals surface area contributed by atoms with Gasteiger partial charge in [0.1, 0.15) is 17.2 Å². The van der Waals surface area contributed by atoms with Crippen molar-refractivity contribution in [2.24, 2.45) is 5.92 Å². The number of carbonyl (C=O) groups is 1. The van der Waals surface area contributed by atoms with E-state index in [-0.39, 0.29) is 11.9 Å². The second kappa shape index (κ2) is 12.1. The summed E-state index contributed by atoms with van der Waals surface area (Å²) in [5.41, 5.74) is 3.71. The molecule has 1 N–H and O–H groups in total. The summed E-state index contributed by atoms with van der Waals surface area (Å²) < 4.78 is 38.0. The Hall–Kier alpha value is -2.43. The van der Waals surface area contributed by atoms with E-state index in [9.17, 15) is 18.3 Å². The Labute approximate surface area is 267 Å². The summed E-state index contributed by atoms with van der Waals surface area (Å²) in [6.45, 7) is 1.24. The average molecular weight is 660 g/mol. The summed E-state index contributed by atoms with van der Waals surface area (Å²) in [5, 5.41) is 14.6. The summed E-state index contributed by atoms with van der Waals surface area (Å²) in [6.07, 6.45) is 5.51. The van der Waals surface area contributed by atoms with Crippen molar-refractivity contribution in [2.45, 2.75) is 87.4 Å². The molecule has 2 bridgehead atoms. The van der Waals surface area contributed by atoms with Crippen LogP contribution in [0.4, 0.5) is 5.69 Å². The largest absolute Gasteiger partial charge is 0.393 e. The molecule has 0 radical (unpaired) electrons. The van der Waals surface area contributed by atoms with E-state index < -0.39 is 26.9 Å². The number of aromatic nitrogens is 1. The zero-order chi connectivity index (χ0) is 30.6. The van der Waals surface area contributed by atoms with E-state index in [0.717, 1.165) is 49.2 Å². The van der Waals surface area contributed by atoms with Crippen LogP contribution in [-0.2, 0) is 21.2 Å². The molecule has 3 aromatic rings. The molecule has 4 fully saturated rings. The lowest BCUT2D eigenvalue weighted by molar-refractivity contribution is 0.0122. The SMILES string of the molecule is O=C(CS(=O)(=O)C1CCC(O)CC1)c1ccc(N2C[C@@H]3C[C@H]2C[C@H]3OCc2c(-c3c(Cl)cccc3Cl)noc2C2CC2)cc1. The Kier molecular flexibility index (Phi) is 8.29. The number of ether oxygens (including phenoxy) is 1. The molecule has 1 aliphatic heterocycles. The summed E-state index contributed by atoms with van der Waals surface area (Å²) in [6, 6.07) is 13.1. The quantitative estimate of drug-likeness (QED) is 0.242. The Morgan fingerprint density at radius 3 is 2.34 bits per heavy atom. The molecule has 2 heterocycles. The van der Waals surface area contributed by atoms with E-state index in [1.165, 1.54) is 0 Å². The number of piperidine rings is 1. The fraction of sp³-hybridized carbons (Fsp3) is 0.515. The van der Waals surface area contributed by atoms with Crippen LogP contribution >= 0.6 is 23.2 Å². The first-order valence-corrected chi connectivity index (χ1v) is 18.0. The number of carbonyl (C=O) groups excluding carboxylic acids is 1. The highest BCUT2D eigenvalue weighted by Gasteiger charge is 2.46. The Bertz CT molecular complexity index is 1630. The van der Waals surface area contributed by atoms with Crippen molar-refractivity contribution in [3.8, 4) is 11.3 Å². The van der Waals surface area contributed by atoms with Crippen molar-refractivity contribution in [3.05, 3.63) is 69.4 Å². The van der Waals surface area contributed by atoms with Crippen molar-refractivity contribution in [2.75, 3.05) is 17.2 Å². The molecule has 3 saturated carbocycles. The first-order chi connectivity index (χ1) is 21.2. The smallest absolute Gasteiger partial charge is 0.177 e. The van der Waals surface area contributed by atoms with Crippen LogP contribution in [0.15, 0.2) is 47.0 Å². The van der Waals surface area contributed by atoms with Crippen molar-refractivity contribution in [1.29, 1.82) is 0 Å². The van der Waals surface area contributed by atoms with Gasteiger partial charge in [0.25, 0.3) is 0 Å². The number of Topliss-reactive ketones (excluding diaryl/α,β-unsaturated/α-hetero) is 1. The number of sulfone groups is 1. The van der Waals surface area contributed by atoms with Gasteiger partial charge in [-0.3, -0.25) is 4.79 Å². The molecule has 8 nitrogen and oxygen atoms in total. The van der Waals surface area contributed by atoms with Crippen LogP contribution in [0.25, 0.3) is 11.3 Å². The zero-order valence-corrected chi connectivity index (χ0v) is 26.7. The first kappa shape index (κ1) is 30.2. The molecule has 2 aromatic carbocycles. The molecule has 44 heavy (non-hydrogen) atoms. The van der Waals surface area contributed by atoms with E-state index in [1.54, 1.807) is 24.3 Å². The van der Waals surface area contributed by atoms with Gasteiger partial charge in [-0.1, -0.05) is 34.4 Å². The number of aliphatic hydroxyl groups is 1.